The Kier molecular flexibility index (Phi) is 2.27. The molecule has 0 bridgehead atoms. The fourth-order valence-electron chi connectivity index (χ4n) is 0.826. The summed E-state index contributed by atoms with van der Waals surface area (Å²) >= 11 is 0. The van der Waals surface area contributed by atoms with Gasteiger partial charge in [0.2, 0.25) is 0 Å². The zero-order valence-electron chi connectivity index (χ0n) is 6.47. The SMILES string of the molecule is C=Nc1cc(C(F)(F)F)ccc1O. The molecule has 0 aromatic heterocycles. The van der Waals surface area contributed by atoms with E-state index in [1.54, 1.807) is 0 Å². The summed E-state index contributed by atoms with van der Waals surface area (Å²) in [6, 6.07) is 2.46. The Bertz CT molecular complexity index is 333. The minimum absolute atomic E-state index is 0.171. The van der Waals surface area contributed by atoms with E-state index in [-0.39, 0.29) is 11.4 Å². The van der Waals surface area contributed by atoms with E-state index in [2.05, 4.69) is 11.7 Å². The molecule has 1 aromatic rings. The standard InChI is InChI=1S/C8H6F3NO/c1-12-6-4-5(8(9,10)11)2-3-7(6)13/h2-4,13H,1H2. The predicted molar refractivity (Wildman–Crippen MR) is 42.3 cm³/mol. The van der Waals surface area contributed by atoms with E-state index >= 15 is 0 Å². The third-order valence-corrected chi connectivity index (χ3v) is 1.47. The molecule has 1 rings (SSSR count). The molecule has 1 aromatic carbocycles. The molecule has 0 saturated carbocycles. The molecule has 0 radical (unpaired) electrons. The average molecular weight is 189 g/mol. The van der Waals surface area contributed by atoms with Crippen LogP contribution in [0.3, 0.4) is 0 Å². The number of phenolic OH excluding ortho intramolecular Hbond substituents is 1. The van der Waals surface area contributed by atoms with Gasteiger partial charge in [0.25, 0.3) is 0 Å². The Morgan fingerprint density at radius 1 is 1.31 bits per heavy atom. The van der Waals surface area contributed by atoms with Crippen LogP contribution < -0.4 is 0 Å². The van der Waals surface area contributed by atoms with Crippen LogP contribution in [0, 0.1) is 0 Å². The van der Waals surface area contributed by atoms with Crippen molar-refractivity contribution in [3.05, 3.63) is 23.8 Å². The van der Waals surface area contributed by atoms with Gasteiger partial charge in [-0.1, -0.05) is 0 Å². The third-order valence-electron chi connectivity index (χ3n) is 1.47. The number of rotatable bonds is 1. The van der Waals surface area contributed by atoms with Crippen molar-refractivity contribution in [3.63, 3.8) is 0 Å². The molecule has 13 heavy (non-hydrogen) atoms. The van der Waals surface area contributed by atoms with Crippen molar-refractivity contribution < 1.29 is 18.3 Å². The summed E-state index contributed by atoms with van der Waals surface area (Å²) in [5, 5.41) is 9.00. The van der Waals surface area contributed by atoms with Crippen molar-refractivity contribution in [1.82, 2.24) is 0 Å². The Labute approximate surface area is 72.3 Å². The Balaban J connectivity index is 3.21. The van der Waals surface area contributed by atoms with E-state index in [0.717, 1.165) is 18.2 Å². The first kappa shape index (κ1) is 9.57. The Hall–Kier alpha value is -1.52. The van der Waals surface area contributed by atoms with Crippen LogP contribution in [0.5, 0.6) is 5.75 Å². The maximum Gasteiger partial charge on any atom is 0.416 e. The number of hydrogen-bond donors (Lipinski definition) is 1. The number of nitrogens with zero attached hydrogens (tertiary/aromatic N) is 1. The monoisotopic (exact) mass is 189 g/mol. The molecule has 0 aliphatic carbocycles. The molecular weight excluding hydrogens is 183 g/mol. The first-order valence-corrected chi connectivity index (χ1v) is 3.32. The van der Waals surface area contributed by atoms with Gasteiger partial charge in [-0.2, -0.15) is 13.2 Å². The number of aromatic hydroxyl groups is 1. The topological polar surface area (TPSA) is 32.6 Å². The largest absolute Gasteiger partial charge is 0.506 e. The minimum Gasteiger partial charge on any atom is -0.506 e. The molecule has 70 valence electrons. The molecule has 0 heterocycles. The summed E-state index contributed by atoms with van der Waals surface area (Å²) in [6.07, 6.45) is -4.42. The molecule has 1 N–H and O–H groups in total. The van der Waals surface area contributed by atoms with E-state index in [1.807, 2.05) is 0 Å². The lowest BCUT2D eigenvalue weighted by Gasteiger charge is -2.07. The zero-order chi connectivity index (χ0) is 10.1. The van der Waals surface area contributed by atoms with E-state index in [4.69, 9.17) is 5.11 Å². The van der Waals surface area contributed by atoms with Gasteiger partial charge >= 0.3 is 6.18 Å². The highest BCUT2D eigenvalue weighted by Crippen LogP contribution is 2.35. The van der Waals surface area contributed by atoms with Gasteiger partial charge in [-0.25, -0.2) is 0 Å². The van der Waals surface area contributed by atoms with E-state index in [0.29, 0.717) is 0 Å². The maximum absolute atomic E-state index is 12.1. The Morgan fingerprint density at radius 2 is 1.92 bits per heavy atom. The fourth-order valence-corrected chi connectivity index (χ4v) is 0.826. The number of phenols is 1. The van der Waals surface area contributed by atoms with Crippen molar-refractivity contribution in [1.29, 1.82) is 0 Å². The molecule has 0 atom stereocenters. The highest BCUT2D eigenvalue weighted by molar-refractivity contribution is 5.57. The summed E-state index contributed by atoms with van der Waals surface area (Å²) in [6.45, 7) is 3.04. The van der Waals surface area contributed by atoms with Gasteiger partial charge < -0.3 is 5.11 Å². The van der Waals surface area contributed by atoms with Crippen molar-refractivity contribution in [3.8, 4) is 5.75 Å². The van der Waals surface area contributed by atoms with Crippen LogP contribution in [0.25, 0.3) is 0 Å². The van der Waals surface area contributed by atoms with Crippen LogP contribution >= 0.6 is 0 Å². The summed E-state index contributed by atoms with van der Waals surface area (Å²) in [5.74, 6) is -0.317. The van der Waals surface area contributed by atoms with Crippen molar-refractivity contribution in [2.45, 2.75) is 6.18 Å². The van der Waals surface area contributed by atoms with Crippen LogP contribution in [-0.2, 0) is 6.18 Å². The Morgan fingerprint density at radius 3 is 2.38 bits per heavy atom. The molecule has 2 nitrogen and oxygen atoms in total. The predicted octanol–water partition coefficient (Wildman–Crippen LogP) is 2.74. The van der Waals surface area contributed by atoms with Gasteiger partial charge in [-0.05, 0) is 24.9 Å². The van der Waals surface area contributed by atoms with Crippen LogP contribution in [0.2, 0.25) is 0 Å². The summed E-state index contributed by atoms with van der Waals surface area (Å²) < 4.78 is 36.3. The van der Waals surface area contributed by atoms with Gasteiger partial charge in [-0.15, -0.1) is 0 Å². The highest BCUT2D eigenvalue weighted by Gasteiger charge is 2.30. The molecule has 0 amide bonds. The first-order valence-electron chi connectivity index (χ1n) is 3.32. The van der Waals surface area contributed by atoms with Crippen LogP contribution in [0.4, 0.5) is 18.9 Å². The zero-order valence-corrected chi connectivity index (χ0v) is 6.47. The quantitative estimate of drug-likeness (QED) is 0.677. The minimum atomic E-state index is -4.42. The number of aliphatic imine (C=N–C) groups is 1. The van der Waals surface area contributed by atoms with E-state index in [9.17, 15) is 13.2 Å². The maximum atomic E-state index is 12.1. The average Bonchev–Trinajstić information content (AvgIpc) is 2.03. The molecule has 0 spiro atoms. The lowest BCUT2D eigenvalue weighted by molar-refractivity contribution is -0.137. The summed E-state index contributed by atoms with van der Waals surface area (Å²) in [7, 11) is 0. The number of benzene rings is 1. The van der Waals surface area contributed by atoms with Crippen LogP contribution in [0.1, 0.15) is 5.56 Å². The number of alkyl halides is 3. The third kappa shape index (κ3) is 1.99. The van der Waals surface area contributed by atoms with Gasteiger partial charge in [-0.3, -0.25) is 4.99 Å². The number of hydrogen-bond acceptors (Lipinski definition) is 2. The lowest BCUT2D eigenvalue weighted by atomic mass is 10.2. The van der Waals surface area contributed by atoms with Crippen LogP contribution in [0.15, 0.2) is 23.2 Å². The van der Waals surface area contributed by atoms with Crippen molar-refractivity contribution in [2.75, 3.05) is 0 Å². The fraction of sp³-hybridized carbons (Fsp3) is 0.125. The molecule has 0 saturated heterocycles. The lowest BCUT2D eigenvalue weighted by Crippen LogP contribution is -2.03. The molecule has 0 unspecified atom stereocenters. The summed E-state index contributed by atoms with van der Waals surface area (Å²) in [4.78, 5) is 3.24. The smallest absolute Gasteiger partial charge is 0.416 e. The van der Waals surface area contributed by atoms with Gasteiger partial charge in [0.1, 0.15) is 11.4 Å². The molecular formula is C8H6F3NO. The molecule has 5 heteroatoms. The molecule has 0 aliphatic heterocycles. The second-order valence-corrected chi connectivity index (χ2v) is 2.36. The van der Waals surface area contributed by atoms with E-state index in [1.165, 1.54) is 0 Å². The second-order valence-electron chi connectivity index (χ2n) is 2.36. The van der Waals surface area contributed by atoms with Crippen molar-refractivity contribution >= 4 is 12.4 Å². The highest BCUT2D eigenvalue weighted by atomic mass is 19.4. The van der Waals surface area contributed by atoms with Crippen molar-refractivity contribution in [2.24, 2.45) is 4.99 Å². The van der Waals surface area contributed by atoms with Crippen LogP contribution in [-0.4, -0.2) is 11.8 Å². The first-order chi connectivity index (χ1) is 5.95. The number of halogens is 3. The van der Waals surface area contributed by atoms with Gasteiger partial charge in [0.15, 0.2) is 0 Å². The normalized spacial score (nSPS) is 11.3. The van der Waals surface area contributed by atoms with Gasteiger partial charge in [0.05, 0.1) is 5.56 Å². The molecule has 0 aliphatic rings. The summed E-state index contributed by atoms with van der Waals surface area (Å²) in [5.41, 5.74) is -1.03. The van der Waals surface area contributed by atoms with E-state index < -0.39 is 11.7 Å². The van der Waals surface area contributed by atoms with Gasteiger partial charge in [0, 0.05) is 0 Å². The second kappa shape index (κ2) is 3.08. The molecule has 0 fully saturated rings.